The number of allylic oxidation sites excluding steroid dienone is 1. The summed E-state index contributed by atoms with van der Waals surface area (Å²) in [4.78, 5) is 36.5. The smallest absolute Gasteiger partial charge is 0.299 e. The molecule has 0 aliphatic rings. The van der Waals surface area contributed by atoms with Crippen LogP contribution in [0.15, 0.2) is 28.7 Å². The van der Waals surface area contributed by atoms with E-state index in [1.54, 1.807) is 0 Å². The van der Waals surface area contributed by atoms with E-state index >= 15 is 0 Å². The van der Waals surface area contributed by atoms with E-state index in [1.165, 1.54) is 6.92 Å². The van der Waals surface area contributed by atoms with Gasteiger partial charge in [0.1, 0.15) is 11.6 Å². The number of carbonyl (C=O) groups excluding carboxylic acids is 3. The van der Waals surface area contributed by atoms with Crippen molar-refractivity contribution in [3.63, 3.8) is 0 Å². The molecule has 0 N–H and O–H groups in total. The molecule has 1 aromatic rings. The second kappa shape index (κ2) is 12.9. The zero-order chi connectivity index (χ0) is 24.5. The van der Waals surface area contributed by atoms with Gasteiger partial charge < -0.3 is 0 Å². The first-order valence-corrected chi connectivity index (χ1v) is 10.8. The minimum atomic E-state index is -4.77. The second-order valence-corrected chi connectivity index (χ2v) is 7.91. The maximum Gasteiger partial charge on any atom is 0.412 e. The number of Topliss-reactive ketones (excluding diaryl/α,β-unsaturated/α-hetero) is 1. The molecule has 0 aliphatic heterocycles. The molecule has 1 rings (SSSR count). The Bertz CT molecular complexity index is 841. The quantitative estimate of drug-likeness (QED) is 0.245. The van der Waals surface area contributed by atoms with E-state index in [4.69, 9.17) is 11.6 Å². The number of hydrogen-bond acceptors (Lipinski definition) is 4. The maximum atomic E-state index is 14.5. The summed E-state index contributed by atoms with van der Waals surface area (Å²) in [5.41, 5.74) is -1.78. The van der Waals surface area contributed by atoms with Gasteiger partial charge in [0.15, 0.2) is 0 Å². The molecule has 4 nitrogen and oxygen atoms in total. The van der Waals surface area contributed by atoms with E-state index in [0.717, 1.165) is 30.8 Å². The SMILES string of the molecule is CC.CCCC(Sc1cc(N(C(C)=O)C(=O)/C=C(\C)C(F)(F)F)c(F)cc1Cl)C(C)=O. The molecule has 0 saturated carbocycles. The number of nitrogens with zero attached hydrogens (tertiary/aromatic N) is 1. The molecule has 2 amide bonds. The highest BCUT2D eigenvalue weighted by Gasteiger charge is 2.32. The minimum absolute atomic E-state index is 0.0448. The largest absolute Gasteiger partial charge is 0.412 e. The molecule has 31 heavy (non-hydrogen) atoms. The van der Waals surface area contributed by atoms with Crippen molar-refractivity contribution in [2.24, 2.45) is 0 Å². The fourth-order valence-electron chi connectivity index (χ4n) is 2.32. The summed E-state index contributed by atoms with van der Waals surface area (Å²) in [5.74, 6) is -3.52. The number of alkyl halides is 3. The van der Waals surface area contributed by atoms with Crippen molar-refractivity contribution in [2.45, 2.75) is 70.7 Å². The normalized spacial score (nSPS) is 12.5. The Morgan fingerprint density at radius 3 is 2.13 bits per heavy atom. The molecular weight excluding hydrogens is 458 g/mol. The van der Waals surface area contributed by atoms with Crippen LogP contribution in [0.5, 0.6) is 0 Å². The van der Waals surface area contributed by atoms with Gasteiger partial charge in [-0.2, -0.15) is 13.2 Å². The topological polar surface area (TPSA) is 54.5 Å². The lowest BCUT2D eigenvalue weighted by Crippen LogP contribution is -2.35. The van der Waals surface area contributed by atoms with Gasteiger partial charge in [0.2, 0.25) is 5.91 Å². The molecule has 0 aromatic heterocycles. The van der Waals surface area contributed by atoms with Gasteiger partial charge in [0, 0.05) is 23.5 Å². The van der Waals surface area contributed by atoms with Gasteiger partial charge in [-0.15, -0.1) is 11.8 Å². The highest BCUT2D eigenvalue weighted by Crippen LogP contribution is 2.37. The highest BCUT2D eigenvalue weighted by atomic mass is 35.5. The summed E-state index contributed by atoms with van der Waals surface area (Å²) in [7, 11) is 0. The van der Waals surface area contributed by atoms with Crippen molar-refractivity contribution >= 4 is 46.6 Å². The Hall–Kier alpha value is -1.87. The fourth-order valence-corrected chi connectivity index (χ4v) is 3.78. The number of ketones is 1. The molecule has 0 heterocycles. The summed E-state index contributed by atoms with van der Waals surface area (Å²) in [6.07, 6.45) is -3.33. The third-order valence-electron chi connectivity index (χ3n) is 3.84. The van der Waals surface area contributed by atoms with Gasteiger partial charge in [-0.25, -0.2) is 9.29 Å². The number of benzene rings is 1. The van der Waals surface area contributed by atoms with Crippen LogP contribution < -0.4 is 4.90 Å². The molecule has 0 fully saturated rings. The summed E-state index contributed by atoms with van der Waals surface area (Å²) in [6.45, 7) is 8.85. The third-order valence-corrected chi connectivity index (χ3v) is 5.71. The zero-order valence-electron chi connectivity index (χ0n) is 18.2. The van der Waals surface area contributed by atoms with Crippen molar-refractivity contribution < 1.29 is 31.9 Å². The average molecular weight is 484 g/mol. The molecule has 0 aliphatic carbocycles. The van der Waals surface area contributed by atoms with Crippen molar-refractivity contribution in [2.75, 3.05) is 4.90 Å². The Morgan fingerprint density at radius 1 is 1.16 bits per heavy atom. The Kier molecular flexibility index (Phi) is 12.1. The summed E-state index contributed by atoms with van der Waals surface area (Å²) in [6, 6.07) is 1.94. The number of amides is 2. The number of halogens is 5. The van der Waals surface area contributed by atoms with Crippen LogP contribution in [0.4, 0.5) is 23.2 Å². The van der Waals surface area contributed by atoms with Crippen LogP contribution in [0.2, 0.25) is 5.02 Å². The van der Waals surface area contributed by atoms with Gasteiger partial charge in [0.25, 0.3) is 5.91 Å². The Balaban J connectivity index is 0.00000436. The van der Waals surface area contributed by atoms with Crippen LogP contribution in [0.3, 0.4) is 0 Å². The number of imide groups is 1. The van der Waals surface area contributed by atoms with Gasteiger partial charge in [-0.3, -0.25) is 14.4 Å². The summed E-state index contributed by atoms with van der Waals surface area (Å²) in [5, 5.41) is -0.527. The van der Waals surface area contributed by atoms with E-state index in [1.807, 2.05) is 20.8 Å². The van der Waals surface area contributed by atoms with E-state index < -0.39 is 40.3 Å². The van der Waals surface area contributed by atoms with Gasteiger partial charge in [0.05, 0.1) is 16.0 Å². The van der Waals surface area contributed by atoms with Crippen molar-refractivity contribution in [1.29, 1.82) is 0 Å². The molecular formula is C21H26ClF4NO3S. The summed E-state index contributed by atoms with van der Waals surface area (Å²) >= 11 is 7.07. The number of rotatable bonds is 7. The number of anilines is 1. The van der Waals surface area contributed by atoms with Gasteiger partial charge in [-0.1, -0.05) is 38.8 Å². The Labute approximate surface area is 189 Å². The van der Waals surface area contributed by atoms with Crippen LogP contribution in [0.1, 0.15) is 54.4 Å². The fraction of sp³-hybridized carbons (Fsp3) is 0.476. The van der Waals surface area contributed by atoms with Crippen molar-refractivity contribution in [3.8, 4) is 0 Å². The molecule has 0 saturated heterocycles. The third kappa shape index (κ3) is 8.65. The predicted octanol–water partition coefficient (Wildman–Crippen LogP) is 6.74. The predicted molar refractivity (Wildman–Crippen MR) is 116 cm³/mol. The number of thioether (sulfide) groups is 1. The van der Waals surface area contributed by atoms with Crippen molar-refractivity contribution in [3.05, 3.63) is 34.6 Å². The lowest BCUT2D eigenvalue weighted by atomic mass is 10.2. The standard InChI is InChI=1S/C19H20ClF4NO3S.C2H6/c1-5-6-16(11(3)26)29-17-9-15(14(21)8-13(17)20)25(12(4)27)18(28)7-10(2)19(22,23)24;1-2/h7-9,16H,5-6H2,1-4H3;1-2H3/b10-7+;. The molecule has 1 unspecified atom stereocenters. The molecule has 174 valence electrons. The molecule has 10 heteroatoms. The second-order valence-electron chi connectivity index (χ2n) is 6.26. The Morgan fingerprint density at radius 2 is 1.71 bits per heavy atom. The number of hydrogen-bond donors (Lipinski definition) is 0. The lowest BCUT2D eigenvalue weighted by molar-refractivity contribution is -0.124. The lowest BCUT2D eigenvalue weighted by Gasteiger charge is -2.21. The highest BCUT2D eigenvalue weighted by molar-refractivity contribution is 8.00. The van der Waals surface area contributed by atoms with E-state index in [-0.39, 0.29) is 21.8 Å². The summed E-state index contributed by atoms with van der Waals surface area (Å²) < 4.78 is 52.6. The molecule has 1 aromatic carbocycles. The zero-order valence-corrected chi connectivity index (χ0v) is 19.8. The van der Waals surface area contributed by atoms with Crippen LogP contribution >= 0.6 is 23.4 Å². The molecule has 1 atom stereocenters. The van der Waals surface area contributed by atoms with Crippen LogP contribution in [-0.2, 0) is 14.4 Å². The minimum Gasteiger partial charge on any atom is -0.299 e. The molecule has 0 bridgehead atoms. The van der Waals surface area contributed by atoms with Crippen LogP contribution in [-0.4, -0.2) is 29.0 Å². The van der Waals surface area contributed by atoms with Crippen LogP contribution in [0, 0.1) is 5.82 Å². The molecule has 0 radical (unpaired) electrons. The molecule has 0 spiro atoms. The van der Waals surface area contributed by atoms with Crippen LogP contribution in [0.25, 0.3) is 0 Å². The first-order chi connectivity index (χ1) is 14.3. The first kappa shape index (κ1) is 29.1. The maximum absolute atomic E-state index is 14.5. The van der Waals surface area contributed by atoms with Crippen molar-refractivity contribution in [1.82, 2.24) is 0 Å². The van der Waals surface area contributed by atoms with E-state index in [9.17, 15) is 31.9 Å². The van der Waals surface area contributed by atoms with E-state index in [0.29, 0.717) is 24.7 Å². The average Bonchev–Trinajstić information content (AvgIpc) is 2.65. The first-order valence-electron chi connectivity index (χ1n) is 9.55. The number of carbonyl (C=O) groups is 3. The monoisotopic (exact) mass is 483 g/mol. The van der Waals surface area contributed by atoms with E-state index in [2.05, 4.69) is 0 Å². The van der Waals surface area contributed by atoms with Gasteiger partial charge in [-0.05, 0) is 32.4 Å². The van der Waals surface area contributed by atoms with Gasteiger partial charge >= 0.3 is 6.18 Å².